The minimum atomic E-state index is -0.0531. The fourth-order valence-corrected chi connectivity index (χ4v) is 3.31. The molecule has 1 amide bonds. The standard InChI is InChI=1S/C20H23N5OS/c1-14-8-10-17(11-9-14)19-23-24-20(25(19)21)27-13-18(26)22-12-15(2)16-6-4-3-5-7-16/h3-11,15H,12-13,21H2,1-2H3,(H,22,26)/t15-/m0/s1. The summed E-state index contributed by atoms with van der Waals surface area (Å²) in [5.41, 5.74) is 3.26. The van der Waals surface area contributed by atoms with Gasteiger partial charge in [0.25, 0.3) is 0 Å². The zero-order valence-electron chi connectivity index (χ0n) is 15.4. The lowest BCUT2D eigenvalue weighted by molar-refractivity contribution is -0.118. The van der Waals surface area contributed by atoms with Crippen molar-refractivity contribution < 1.29 is 4.79 Å². The van der Waals surface area contributed by atoms with Gasteiger partial charge in [0.05, 0.1) is 5.75 Å². The minimum Gasteiger partial charge on any atom is -0.355 e. The van der Waals surface area contributed by atoms with Gasteiger partial charge in [-0.15, -0.1) is 10.2 Å². The first-order chi connectivity index (χ1) is 13.0. The topological polar surface area (TPSA) is 85.8 Å². The number of aryl methyl sites for hydroxylation is 1. The van der Waals surface area contributed by atoms with Crippen LogP contribution >= 0.6 is 11.8 Å². The van der Waals surface area contributed by atoms with Crippen molar-refractivity contribution in [1.82, 2.24) is 20.2 Å². The van der Waals surface area contributed by atoms with Crippen molar-refractivity contribution in [3.05, 3.63) is 65.7 Å². The Morgan fingerprint density at radius 1 is 1.15 bits per heavy atom. The van der Waals surface area contributed by atoms with Gasteiger partial charge in [0, 0.05) is 12.1 Å². The number of rotatable bonds is 7. The summed E-state index contributed by atoms with van der Waals surface area (Å²) in [6, 6.07) is 18.0. The number of hydrogen-bond donors (Lipinski definition) is 2. The fourth-order valence-electron chi connectivity index (χ4n) is 2.62. The Bertz CT molecular complexity index is 892. The SMILES string of the molecule is Cc1ccc(-c2nnc(SCC(=O)NC[C@H](C)c3ccccc3)n2N)cc1. The van der Waals surface area contributed by atoms with Crippen LogP contribution in [0.1, 0.15) is 24.0 Å². The third kappa shape index (κ3) is 4.89. The summed E-state index contributed by atoms with van der Waals surface area (Å²) in [5.74, 6) is 7.12. The Labute approximate surface area is 163 Å². The maximum atomic E-state index is 12.1. The van der Waals surface area contributed by atoms with Crippen molar-refractivity contribution in [3.8, 4) is 11.4 Å². The molecule has 1 aromatic heterocycles. The van der Waals surface area contributed by atoms with Gasteiger partial charge in [-0.05, 0) is 18.4 Å². The molecule has 6 nitrogen and oxygen atoms in total. The molecule has 0 saturated heterocycles. The van der Waals surface area contributed by atoms with Crippen molar-refractivity contribution in [2.45, 2.75) is 24.9 Å². The number of aromatic nitrogens is 3. The number of hydrogen-bond acceptors (Lipinski definition) is 5. The molecule has 0 saturated carbocycles. The number of thioether (sulfide) groups is 1. The van der Waals surface area contributed by atoms with E-state index in [2.05, 4.69) is 34.6 Å². The summed E-state index contributed by atoms with van der Waals surface area (Å²) in [5, 5.41) is 11.7. The maximum Gasteiger partial charge on any atom is 0.230 e. The highest BCUT2D eigenvalue weighted by Gasteiger charge is 2.14. The number of nitrogens with one attached hydrogen (secondary N) is 1. The van der Waals surface area contributed by atoms with Gasteiger partial charge in [-0.2, -0.15) is 0 Å². The van der Waals surface area contributed by atoms with Crippen LogP contribution in [-0.4, -0.2) is 33.1 Å². The van der Waals surface area contributed by atoms with Crippen LogP contribution in [0.4, 0.5) is 0 Å². The average Bonchev–Trinajstić information content (AvgIpc) is 3.06. The van der Waals surface area contributed by atoms with Crippen LogP contribution in [0.15, 0.2) is 59.8 Å². The summed E-state index contributed by atoms with van der Waals surface area (Å²) in [4.78, 5) is 12.1. The molecule has 0 aliphatic carbocycles. The lowest BCUT2D eigenvalue weighted by atomic mass is 10.0. The fraction of sp³-hybridized carbons (Fsp3) is 0.250. The molecule has 0 bridgehead atoms. The second-order valence-electron chi connectivity index (χ2n) is 6.45. The van der Waals surface area contributed by atoms with E-state index in [1.165, 1.54) is 22.0 Å². The molecule has 27 heavy (non-hydrogen) atoms. The van der Waals surface area contributed by atoms with Crippen molar-refractivity contribution in [2.24, 2.45) is 0 Å². The molecule has 3 rings (SSSR count). The Balaban J connectivity index is 1.53. The summed E-state index contributed by atoms with van der Waals surface area (Å²) in [7, 11) is 0. The van der Waals surface area contributed by atoms with Gasteiger partial charge in [-0.3, -0.25) is 4.79 Å². The highest BCUT2D eigenvalue weighted by molar-refractivity contribution is 7.99. The second kappa shape index (κ2) is 8.73. The molecule has 0 aliphatic heterocycles. The van der Waals surface area contributed by atoms with E-state index < -0.39 is 0 Å². The highest BCUT2D eigenvalue weighted by Crippen LogP contribution is 2.21. The van der Waals surface area contributed by atoms with Crippen LogP contribution < -0.4 is 11.2 Å². The largest absolute Gasteiger partial charge is 0.355 e. The van der Waals surface area contributed by atoms with Crippen molar-refractivity contribution in [3.63, 3.8) is 0 Å². The molecule has 3 N–H and O–H groups in total. The lowest BCUT2D eigenvalue weighted by Gasteiger charge is -2.12. The number of carbonyl (C=O) groups is 1. The van der Waals surface area contributed by atoms with Gasteiger partial charge in [-0.1, -0.05) is 78.8 Å². The van der Waals surface area contributed by atoms with E-state index in [0.29, 0.717) is 17.5 Å². The minimum absolute atomic E-state index is 0.0531. The quantitative estimate of drug-likeness (QED) is 0.485. The molecule has 0 spiro atoms. The molecular weight excluding hydrogens is 358 g/mol. The van der Waals surface area contributed by atoms with Crippen LogP contribution in [0.2, 0.25) is 0 Å². The Kier molecular flexibility index (Phi) is 6.13. The van der Waals surface area contributed by atoms with E-state index in [9.17, 15) is 4.79 Å². The predicted octanol–water partition coefficient (Wildman–Crippen LogP) is 2.98. The van der Waals surface area contributed by atoms with Crippen LogP contribution in [0.5, 0.6) is 0 Å². The molecular formula is C20H23N5OS. The van der Waals surface area contributed by atoms with Crippen molar-refractivity contribution >= 4 is 17.7 Å². The molecule has 1 heterocycles. The summed E-state index contributed by atoms with van der Waals surface area (Å²) < 4.78 is 1.43. The van der Waals surface area contributed by atoms with Gasteiger partial charge in [0.15, 0.2) is 5.82 Å². The average molecular weight is 382 g/mol. The van der Waals surface area contributed by atoms with Crippen molar-refractivity contribution in [1.29, 1.82) is 0 Å². The molecule has 0 aliphatic rings. The smallest absolute Gasteiger partial charge is 0.230 e. The number of nitrogens with zero attached hydrogens (tertiary/aromatic N) is 3. The number of nitrogens with two attached hydrogens (primary N) is 1. The molecule has 3 aromatic rings. The van der Waals surface area contributed by atoms with E-state index in [-0.39, 0.29) is 17.6 Å². The third-order valence-electron chi connectivity index (χ3n) is 4.28. The zero-order chi connectivity index (χ0) is 19.2. The predicted molar refractivity (Wildman–Crippen MR) is 109 cm³/mol. The Morgan fingerprint density at radius 3 is 2.56 bits per heavy atom. The molecule has 0 fully saturated rings. The number of nitrogen functional groups attached to an aromatic ring is 1. The molecule has 1 atom stereocenters. The number of benzene rings is 2. The summed E-state index contributed by atoms with van der Waals surface area (Å²) >= 11 is 1.27. The van der Waals surface area contributed by atoms with E-state index in [4.69, 9.17) is 5.84 Å². The first-order valence-electron chi connectivity index (χ1n) is 8.76. The molecule has 2 aromatic carbocycles. The Hall–Kier alpha value is -2.80. The zero-order valence-corrected chi connectivity index (χ0v) is 16.2. The van der Waals surface area contributed by atoms with Crippen molar-refractivity contribution in [2.75, 3.05) is 18.1 Å². The first kappa shape index (κ1) is 19.0. The summed E-state index contributed by atoms with van der Waals surface area (Å²) in [6.45, 7) is 4.70. The van der Waals surface area contributed by atoms with E-state index in [1.807, 2.05) is 49.4 Å². The van der Waals surface area contributed by atoms with E-state index in [0.717, 1.165) is 11.1 Å². The third-order valence-corrected chi connectivity index (χ3v) is 5.22. The number of carbonyl (C=O) groups excluding carboxylic acids is 1. The number of amides is 1. The summed E-state index contributed by atoms with van der Waals surface area (Å²) in [6.07, 6.45) is 0. The van der Waals surface area contributed by atoms with Crippen LogP contribution in [-0.2, 0) is 4.79 Å². The van der Waals surface area contributed by atoms with Crippen LogP contribution in [0.25, 0.3) is 11.4 Å². The maximum absolute atomic E-state index is 12.1. The van der Waals surface area contributed by atoms with Gasteiger partial charge < -0.3 is 11.2 Å². The Morgan fingerprint density at radius 2 is 1.85 bits per heavy atom. The first-order valence-corrected chi connectivity index (χ1v) is 9.75. The normalized spacial score (nSPS) is 11.9. The monoisotopic (exact) mass is 381 g/mol. The van der Waals surface area contributed by atoms with Gasteiger partial charge in [0.2, 0.25) is 11.1 Å². The molecule has 7 heteroatoms. The molecule has 0 radical (unpaired) electrons. The van der Waals surface area contributed by atoms with E-state index >= 15 is 0 Å². The van der Waals surface area contributed by atoms with Gasteiger partial charge in [0.1, 0.15) is 0 Å². The van der Waals surface area contributed by atoms with Gasteiger partial charge in [-0.25, -0.2) is 4.68 Å². The van der Waals surface area contributed by atoms with E-state index in [1.54, 1.807) is 0 Å². The molecule has 140 valence electrons. The molecule has 0 unspecified atom stereocenters. The van der Waals surface area contributed by atoms with Gasteiger partial charge >= 0.3 is 0 Å². The lowest BCUT2D eigenvalue weighted by Crippen LogP contribution is -2.29. The van der Waals surface area contributed by atoms with Crippen LogP contribution in [0.3, 0.4) is 0 Å². The van der Waals surface area contributed by atoms with Crippen LogP contribution in [0, 0.1) is 6.92 Å². The second-order valence-corrected chi connectivity index (χ2v) is 7.39. The highest BCUT2D eigenvalue weighted by atomic mass is 32.2.